The van der Waals surface area contributed by atoms with Gasteiger partial charge >= 0.3 is 0 Å². The van der Waals surface area contributed by atoms with E-state index in [2.05, 4.69) is 31.0 Å². The van der Waals surface area contributed by atoms with Gasteiger partial charge in [0.1, 0.15) is 0 Å². The van der Waals surface area contributed by atoms with Gasteiger partial charge in [-0.1, -0.05) is 23.2 Å². The molecule has 1 aliphatic heterocycles. The van der Waals surface area contributed by atoms with Gasteiger partial charge in [-0.05, 0) is 39.0 Å². The van der Waals surface area contributed by atoms with Crippen molar-refractivity contribution in [2.24, 2.45) is 0 Å². The fraction of sp³-hybridized carbons (Fsp3) is 0.538. The van der Waals surface area contributed by atoms with Gasteiger partial charge in [-0.25, -0.2) is 0 Å². The van der Waals surface area contributed by atoms with E-state index in [1.807, 2.05) is 18.2 Å². The third-order valence-corrected chi connectivity index (χ3v) is 3.75. The van der Waals surface area contributed by atoms with Crippen LogP contribution in [0.1, 0.15) is 20.8 Å². The van der Waals surface area contributed by atoms with Gasteiger partial charge in [0, 0.05) is 29.7 Å². The smallest absolute Gasteiger partial charge is 0.0640 e. The molecule has 0 aromatic heterocycles. The lowest BCUT2D eigenvalue weighted by molar-refractivity contribution is 0.318. The van der Waals surface area contributed by atoms with Crippen molar-refractivity contribution in [2.75, 3.05) is 18.0 Å². The first-order chi connectivity index (χ1) is 7.89. The lowest BCUT2D eigenvalue weighted by Crippen LogP contribution is -2.61. The van der Waals surface area contributed by atoms with Crippen molar-refractivity contribution >= 4 is 28.9 Å². The zero-order valence-corrected chi connectivity index (χ0v) is 11.9. The van der Waals surface area contributed by atoms with Crippen molar-refractivity contribution in [3.63, 3.8) is 0 Å². The lowest BCUT2D eigenvalue weighted by atomic mass is 9.98. The molecule has 1 saturated heterocycles. The molecule has 17 heavy (non-hydrogen) atoms. The van der Waals surface area contributed by atoms with Gasteiger partial charge in [0.05, 0.1) is 10.7 Å². The molecule has 1 aliphatic rings. The van der Waals surface area contributed by atoms with Gasteiger partial charge in [0.25, 0.3) is 0 Å². The second-order valence-corrected chi connectivity index (χ2v) is 6.18. The number of hydrogen-bond acceptors (Lipinski definition) is 2. The van der Waals surface area contributed by atoms with Gasteiger partial charge in [0.15, 0.2) is 0 Å². The SMILES string of the molecule is CC1CNC(C)(C)CN1c1cc(Cl)ccc1Cl. The fourth-order valence-electron chi connectivity index (χ4n) is 2.20. The maximum absolute atomic E-state index is 6.27. The number of nitrogens with one attached hydrogen (secondary N) is 1. The summed E-state index contributed by atoms with van der Waals surface area (Å²) >= 11 is 12.3. The summed E-state index contributed by atoms with van der Waals surface area (Å²) in [5.41, 5.74) is 1.12. The lowest BCUT2D eigenvalue weighted by Gasteiger charge is -2.45. The van der Waals surface area contributed by atoms with E-state index in [-0.39, 0.29) is 5.54 Å². The van der Waals surface area contributed by atoms with Crippen LogP contribution in [0.3, 0.4) is 0 Å². The molecule has 2 rings (SSSR count). The van der Waals surface area contributed by atoms with Crippen molar-refractivity contribution < 1.29 is 0 Å². The predicted octanol–water partition coefficient (Wildman–Crippen LogP) is 3.57. The van der Waals surface area contributed by atoms with E-state index < -0.39 is 0 Å². The zero-order valence-electron chi connectivity index (χ0n) is 10.4. The number of anilines is 1. The summed E-state index contributed by atoms with van der Waals surface area (Å²) in [6.07, 6.45) is 0. The van der Waals surface area contributed by atoms with Crippen LogP contribution in [-0.4, -0.2) is 24.7 Å². The Hall–Kier alpha value is -0.440. The highest BCUT2D eigenvalue weighted by atomic mass is 35.5. The van der Waals surface area contributed by atoms with Gasteiger partial charge in [-0.15, -0.1) is 0 Å². The molecule has 94 valence electrons. The molecule has 0 spiro atoms. The minimum absolute atomic E-state index is 0.0954. The molecule has 0 radical (unpaired) electrons. The highest BCUT2D eigenvalue weighted by Crippen LogP contribution is 2.32. The topological polar surface area (TPSA) is 15.3 Å². The van der Waals surface area contributed by atoms with Crippen LogP contribution in [0.4, 0.5) is 5.69 Å². The first kappa shape index (κ1) is 13.0. The molecular weight excluding hydrogens is 255 g/mol. The minimum Gasteiger partial charge on any atom is -0.364 e. The van der Waals surface area contributed by atoms with Crippen molar-refractivity contribution in [2.45, 2.75) is 32.4 Å². The maximum atomic E-state index is 6.27. The first-order valence-corrected chi connectivity index (χ1v) is 6.61. The molecule has 0 amide bonds. The third-order valence-electron chi connectivity index (χ3n) is 3.19. The van der Waals surface area contributed by atoms with Crippen LogP contribution < -0.4 is 10.2 Å². The largest absolute Gasteiger partial charge is 0.364 e. The van der Waals surface area contributed by atoms with Crippen LogP contribution in [0.2, 0.25) is 10.0 Å². The summed E-state index contributed by atoms with van der Waals surface area (Å²) in [5, 5.41) is 5.02. The Kier molecular flexibility index (Phi) is 3.58. The highest BCUT2D eigenvalue weighted by Gasteiger charge is 2.31. The third kappa shape index (κ3) is 2.87. The minimum atomic E-state index is 0.0954. The summed E-state index contributed by atoms with van der Waals surface area (Å²) in [4.78, 5) is 2.32. The first-order valence-electron chi connectivity index (χ1n) is 5.86. The van der Waals surface area contributed by atoms with Gasteiger partial charge in [0.2, 0.25) is 0 Å². The van der Waals surface area contributed by atoms with E-state index in [0.717, 1.165) is 28.8 Å². The second kappa shape index (κ2) is 4.68. The molecule has 4 heteroatoms. The Labute approximate surface area is 113 Å². The molecule has 2 nitrogen and oxygen atoms in total. The van der Waals surface area contributed by atoms with Crippen LogP contribution >= 0.6 is 23.2 Å². The summed E-state index contributed by atoms with van der Waals surface area (Å²) in [6.45, 7) is 8.47. The Morgan fingerprint density at radius 1 is 1.35 bits per heavy atom. The Morgan fingerprint density at radius 2 is 2.06 bits per heavy atom. The highest BCUT2D eigenvalue weighted by molar-refractivity contribution is 6.35. The molecule has 1 atom stereocenters. The summed E-state index contributed by atoms with van der Waals surface area (Å²) in [5.74, 6) is 0. The van der Waals surface area contributed by atoms with E-state index in [9.17, 15) is 0 Å². The molecular formula is C13H18Cl2N2. The molecule has 1 N–H and O–H groups in total. The molecule has 0 saturated carbocycles. The number of nitrogens with zero attached hydrogens (tertiary/aromatic N) is 1. The van der Waals surface area contributed by atoms with Crippen molar-refractivity contribution in [3.8, 4) is 0 Å². The predicted molar refractivity (Wildman–Crippen MR) is 75.4 cm³/mol. The van der Waals surface area contributed by atoms with E-state index in [1.165, 1.54) is 0 Å². The Bertz CT molecular complexity index is 418. The molecule has 1 unspecified atom stereocenters. The monoisotopic (exact) mass is 272 g/mol. The molecule has 0 aliphatic carbocycles. The van der Waals surface area contributed by atoms with Crippen LogP contribution in [0, 0.1) is 0 Å². The number of piperazine rings is 1. The molecule has 1 heterocycles. The number of halogens is 2. The summed E-state index contributed by atoms with van der Waals surface area (Å²) in [6, 6.07) is 6.05. The molecule has 1 fully saturated rings. The van der Waals surface area contributed by atoms with Gasteiger partial charge in [-0.3, -0.25) is 0 Å². The van der Waals surface area contributed by atoms with E-state index in [1.54, 1.807) is 0 Å². The average molecular weight is 273 g/mol. The van der Waals surface area contributed by atoms with Gasteiger partial charge in [-0.2, -0.15) is 0 Å². The summed E-state index contributed by atoms with van der Waals surface area (Å²) in [7, 11) is 0. The Morgan fingerprint density at radius 3 is 2.76 bits per heavy atom. The van der Waals surface area contributed by atoms with E-state index >= 15 is 0 Å². The normalized spacial score (nSPS) is 23.8. The van der Waals surface area contributed by atoms with Crippen molar-refractivity contribution in [3.05, 3.63) is 28.2 Å². The zero-order chi connectivity index (χ0) is 12.6. The van der Waals surface area contributed by atoms with Gasteiger partial charge < -0.3 is 10.2 Å². The van der Waals surface area contributed by atoms with E-state index in [0.29, 0.717) is 6.04 Å². The van der Waals surface area contributed by atoms with Crippen LogP contribution in [0.5, 0.6) is 0 Å². The maximum Gasteiger partial charge on any atom is 0.0640 e. The standard InChI is InChI=1S/C13H18Cl2N2/c1-9-7-16-13(2,3)8-17(9)12-6-10(14)4-5-11(12)15/h4-6,9,16H,7-8H2,1-3H3. The number of benzene rings is 1. The summed E-state index contributed by atoms with van der Waals surface area (Å²) < 4.78 is 0. The van der Waals surface area contributed by atoms with E-state index in [4.69, 9.17) is 23.2 Å². The molecule has 0 bridgehead atoms. The fourth-order valence-corrected chi connectivity index (χ4v) is 2.59. The Balaban J connectivity index is 2.34. The quantitative estimate of drug-likeness (QED) is 0.841. The molecule has 1 aromatic carbocycles. The number of hydrogen-bond donors (Lipinski definition) is 1. The second-order valence-electron chi connectivity index (χ2n) is 5.34. The van der Waals surface area contributed by atoms with Crippen molar-refractivity contribution in [1.82, 2.24) is 5.32 Å². The molecule has 1 aromatic rings. The van der Waals surface area contributed by atoms with Crippen LogP contribution in [-0.2, 0) is 0 Å². The number of rotatable bonds is 1. The average Bonchev–Trinajstić information content (AvgIpc) is 2.25. The van der Waals surface area contributed by atoms with Crippen LogP contribution in [0.25, 0.3) is 0 Å². The van der Waals surface area contributed by atoms with Crippen LogP contribution in [0.15, 0.2) is 18.2 Å². The van der Waals surface area contributed by atoms with Crippen molar-refractivity contribution in [1.29, 1.82) is 0 Å².